The van der Waals surface area contributed by atoms with Gasteiger partial charge in [-0.2, -0.15) is 11.8 Å². The molecule has 17 heavy (non-hydrogen) atoms. The molecule has 98 valence electrons. The van der Waals surface area contributed by atoms with E-state index in [0.29, 0.717) is 0 Å². The summed E-state index contributed by atoms with van der Waals surface area (Å²) in [6.45, 7) is 1.92. The van der Waals surface area contributed by atoms with Crippen molar-refractivity contribution in [1.82, 2.24) is 4.90 Å². The number of hydrogen-bond acceptors (Lipinski definition) is 2. The summed E-state index contributed by atoms with van der Waals surface area (Å²) in [4.78, 5) is 13.5. The molecule has 2 fully saturated rings. The van der Waals surface area contributed by atoms with Crippen molar-refractivity contribution in [3.8, 4) is 0 Å². The van der Waals surface area contributed by atoms with E-state index in [-0.39, 0.29) is 24.2 Å². The SMILES string of the molecule is CS[C@@H](C)C1(C(=O)N2CC(F)C2)CC(F)(F)C1. The molecule has 2 aliphatic rings. The summed E-state index contributed by atoms with van der Waals surface area (Å²) in [7, 11) is 0. The topological polar surface area (TPSA) is 20.3 Å². The van der Waals surface area contributed by atoms with Crippen molar-refractivity contribution in [3.63, 3.8) is 0 Å². The maximum Gasteiger partial charge on any atom is 0.250 e. The van der Waals surface area contributed by atoms with Crippen molar-refractivity contribution in [2.45, 2.75) is 37.1 Å². The molecule has 0 radical (unpaired) electrons. The van der Waals surface area contributed by atoms with Crippen molar-refractivity contribution < 1.29 is 18.0 Å². The van der Waals surface area contributed by atoms with Crippen LogP contribution in [0.5, 0.6) is 0 Å². The second kappa shape index (κ2) is 4.07. The van der Waals surface area contributed by atoms with E-state index in [0.717, 1.165) is 0 Å². The zero-order valence-electron chi connectivity index (χ0n) is 9.88. The number of nitrogens with zero attached hydrogens (tertiary/aromatic N) is 1. The Labute approximate surface area is 103 Å². The van der Waals surface area contributed by atoms with E-state index >= 15 is 0 Å². The van der Waals surface area contributed by atoms with Crippen LogP contribution in [0.3, 0.4) is 0 Å². The third-order valence-corrected chi connectivity index (χ3v) is 4.99. The van der Waals surface area contributed by atoms with Gasteiger partial charge in [-0.1, -0.05) is 6.92 Å². The molecule has 1 atom stereocenters. The largest absolute Gasteiger partial charge is 0.336 e. The average molecular weight is 267 g/mol. The second-order valence-corrected chi connectivity index (χ2v) is 6.23. The van der Waals surface area contributed by atoms with Gasteiger partial charge in [0.15, 0.2) is 0 Å². The van der Waals surface area contributed by atoms with Crippen LogP contribution in [0.4, 0.5) is 13.2 Å². The highest BCUT2D eigenvalue weighted by atomic mass is 32.2. The first-order chi connectivity index (χ1) is 7.81. The molecule has 0 bridgehead atoms. The lowest BCUT2D eigenvalue weighted by atomic mass is 9.63. The van der Waals surface area contributed by atoms with Crippen LogP contribution >= 0.6 is 11.8 Å². The van der Waals surface area contributed by atoms with Crippen LogP contribution < -0.4 is 0 Å². The van der Waals surface area contributed by atoms with Crippen LogP contribution in [0.1, 0.15) is 19.8 Å². The van der Waals surface area contributed by atoms with E-state index in [1.54, 1.807) is 6.92 Å². The molecule has 1 saturated carbocycles. The Hall–Kier alpha value is -0.390. The monoisotopic (exact) mass is 267 g/mol. The molecule has 0 N–H and O–H groups in total. The molecule has 0 unspecified atom stereocenters. The molecule has 1 amide bonds. The van der Waals surface area contributed by atoms with E-state index in [9.17, 15) is 18.0 Å². The summed E-state index contributed by atoms with van der Waals surface area (Å²) in [5.74, 6) is -3.03. The number of alkyl halides is 3. The zero-order chi connectivity index (χ0) is 12.8. The van der Waals surface area contributed by atoms with Gasteiger partial charge in [-0.05, 0) is 6.26 Å². The second-order valence-electron chi connectivity index (χ2n) is 5.05. The van der Waals surface area contributed by atoms with Gasteiger partial charge in [-0.3, -0.25) is 4.79 Å². The minimum atomic E-state index is -2.74. The van der Waals surface area contributed by atoms with Crippen LogP contribution in [-0.2, 0) is 4.79 Å². The Kier molecular flexibility index (Phi) is 3.13. The highest BCUT2D eigenvalue weighted by Crippen LogP contribution is 2.57. The maximum atomic E-state index is 13.1. The first kappa shape index (κ1) is 13.1. The fourth-order valence-corrected chi connectivity index (χ4v) is 3.33. The Morgan fingerprint density at radius 2 is 1.94 bits per heavy atom. The zero-order valence-corrected chi connectivity index (χ0v) is 10.7. The molecule has 6 heteroatoms. The number of carbonyl (C=O) groups excluding carboxylic acids is 1. The van der Waals surface area contributed by atoms with E-state index in [2.05, 4.69) is 0 Å². The molecule has 1 aliphatic heterocycles. The number of amides is 1. The fourth-order valence-electron chi connectivity index (χ4n) is 2.61. The molecular formula is C11H16F3NOS. The van der Waals surface area contributed by atoms with Gasteiger partial charge in [-0.15, -0.1) is 0 Å². The molecule has 0 aromatic heterocycles. The number of hydrogen-bond donors (Lipinski definition) is 0. The lowest BCUT2D eigenvalue weighted by Gasteiger charge is -2.52. The standard InChI is InChI=1S/C11H16F3NOS/c1-7(17-2)10(5-11(13,14)6-10)9(16)15-3-8(12)4-15/h7-8H,3-6H2,1-2H3/t7-/m0/s1. The van der Waals surface area contributed by atoms with Gasteiger partial charge < -0.3 is 4.90 Å². The highest BCUT2D eigenvalue weighted by Gasteiger charge is 2.64. The van der Waals surface area contributed by atoms with Crippen LogP contribution in [0.25, 0.3) is 0 Å². The minimum absolute atomic E-state index is 0.0628. The lowest BCUT2D eigenvalue weighted by molar-refractivity contribution is -0.191. The molecule has 2 nitrogen and oxygen atoms in total. The van der Waals surface area contributed by atoms with Gasteiger partial charge in [0.2, 0.25) is 11.8 Å². The Bertz CT molecular complexity index is 323. The fraction of sp³-hybridized carbons (Fsp3) is 0.909. The van der Waals surface area contributed by atoms with Crippen LogP contribution in [0.15, 0.2) is 0 Å². The minimum Gasteiger partial charge on any atom is -0.336 e. The average Bonchev–Trinajstić information content (AvgIpc) is 2.18. The highest BCUT2D eigenvalue weighted by molar-refractivity contribution is 7.99. The number of thioether (sulfide) groups is 1. The number of likely N-dealkylation sites (tertiary alicyclic amines) is 1. The molecule has 1 heterocycles. The summed E-state index contributed by atoms with van der Waals surface area (Å²) < 4.78 is 38.9. The van der Waals surface area contributed by atoms with Gasteiger partial charge >= 0.3 is 0 Å². The molecule has 0 aromatic carbocycles. The van der Waals surface area contributed by atoms with Gasteiger partial charge in [-0.25, -0.2) is 13.2 Å². The van der Waals surface area contributed by atoms with E-state index in [1.165, 1.54) is 16.7 Å². The predicted octanol–water partition coefficient (Wildman–Crippen LogP) is 2.33. The number of rotatable bonds is 3. The first-order valence-electron chi connectivity index (χ1n) is 5.65. The van der Waals surface area contributed by atoms with Crippen LogP contribution in [0, 0.1) is 5.41 Å². The smallest absolute Gasteiger partial charge is 0.250 e. The summed E-state index contributed by atoms with van der Waals surface area (Å²) >= 11 is 1.41. The van der Waals surface area contributed by atoms with E-state index < -0.39 is 30.4 Å². The first-order valence-corrected chi connectivity index (χ1v) is 6.93. The lowest BCUT2D eigenvalue weighted by Crippen LogP contribution is -2.64. The van der Waals surface area contributed by atoms with Crippen molar-refractivity contribution in [2.24, 2.45) is 5.41 Å². The maximum absolute atomic E-state index is 13.1. The third kappa shape index (κ3) is 2.04. The van der Waals surface area contributed by atoms with Crippen LogP contribution in [-0.4, -0.2) is 47.5 Å². The Morgan fingerprint density at radius 3 is 2.29 bits per heavy atom. The Balaban J connectivity index is 2.10. The van der Waals surface area contributed by atoms with Crippen LogP contribution in [0.2, 0.25) is 0 Å². The molecule has 1 aliphatic carbocycles. The predicted molar refractivity (Wildman–Crippen MR) is 61.1 cm³/mol. The Morgan fingerprint density at radius 1 is 1.41 bits per heavy atom. The summed E-state index contributed by atoms with van der Waals surface area (Å²) in [6, 6.07) is 0. The van der Waals surface area contributed by atoms with E-state index in [4.69, 9.17) is 0 Å². The molecule has 0 aromatic rings. The van der Waals surface area contributed by atoms with Crippen molar-refractivity contribution in [3.05, 3.63) is 0 Å². The number of carbonyl (C=O) groups is 1. The summed E-state index contributed by atoms with van der Waals surface area (Å²) in [5, 5.41) is -0.159. The normalized spacial score (nSPS) is 28.2. The number of halogens is 3. The summed E-state index contributed by atoms with van der Waals surface area (Å²) in [5.41, 5.74) is -0.983. The molecule has 1 saturated heterocycles. The summed E-state index contributed by atoms with van der Waals surface area (Å²) in [6.07, 6.45) is 0.0356. The molecular weight excluding hydrogens is 251 g/mol. The third-order valence-electron chi connectivity index (χ3n) is 3.83. The molecule has 2 rings (SSSR count). The van der Waals surface area contributed by atoms with Crippen molar-refractivity contribution in [1.29, 1.82) is 0 Å². The van der Waals surface area contributed by atoms with Gasteiger partial charge in [0.25, 0.3) is 0 Å². The molecule has 0 spiro atoms. The quantitative estimate of drug-likeness (QED) is 0.782. The van der Waals surface area contributed by atoms with Crippen molar-refractivity contribution >= 4 is 17.7 Å². The van der Waals surface area contributed by atoms with E-state index in [1.807, 2.05) is 6.26 Å². The van der Waals surface area contributed by atoms with Crippen molar-refractivity contribution in [2.75, 3.05) is 19.3 Å². The van der Waals surface area contributed by atoms with Gasteiger partial charge in [0.05, 0.1) is 18.5 Å². The van der Waals surface area contributed by atoms with Gasteiger partial charge in [0, 0.05) is 18.1 Å². The van der Waals surface area contributed by atoms with Gasteiger partial charge in [0.1, 0.15) is 6.17 Å².